The van der Waals surface area contributed by atoms with Crippen LogP contribution in [0.5, 0.6) is 0 Å². The van der Waals surface area contributed by atoms with E-state index in [0.717, 1.165) is 26.2 Å². The number of likely N-dealkylation sites (N-methyl/N-ethyl adjacent to an activating group) is 1. The maximum Gasteiger partial charge on any atom is 0.125 e. The quantitative estimate of drug-likeness (QED) is 0.535. The number of piperazine rings is 1. The Kier molecular flexibility index (Phi) is 4.35. The molecule has 0 radical (unpaired) electrons. The van der Waals surface area contributed by atoms with E-state index in [4.69, 9.17) is 10.1 Å². The predicted octanol–water partition coefficient (Wildman–Crippen LogP) is 0.636. The SMILES string of the molecule is CCOC(C)C(=N)N1CCN(C)CC1. The third-order valence-electron chi connectivity index (χ3n) is 2.65. The van der Waals surface area contributed by atoms with E-state index in [0.29, 0.717) is 12.4 Å². The van der Waals surface area contributed by atoms with Crippen molar-refractivity contribution < 1.29 is 4.74 Å². The summed E-state index contributed by atoms with van der Waals surface area (Å²) in [4.78, 5) is 4.40. The zero-order chi connectivity index (χ0) is 10.6. The first-order chi connectivity index (χ1) is 6.65. The van der Waals surface area contributed by atoms with Gasteiger partial charge in [0.15, 0.2) is 0 Å². The van der Waals surface area contributed by atoms with Crippen molar-refractivity contribution in [1.29, 1.82) is 5.41 Å². The summed E-state index contributed by atoms with van der Waals surface area (Å²) in [7, 11) is 2.12. The van der Waals surface area contributed by atoms with Gasteiger partial charge < -0.3 is 14.5 Å². The van der Waals surface area contributed by atoms with Gasteiger partial charge in [-0.2, -0.15) is 0 Å². The fraction of sp³-hybridized carbons (Fsp3) is 0.900. The van der Waals surface area contributed by atoms with Crippen molar-refractivity contribution in [3.05, 3.63) is 0 Å². The van der Waals surface area contributed by atoms with Crippen molar-refractivity contribution in [3.8, 4) is 0 Å². The summed E-state index contributed by atoms with van der Waals surface area (Å²) in [6.45, 7) is 8.58. The molecular weight excluding hydrogens is 178 g/mol. The zero-order valence-corrected chi connectivity index (χ0v) is 9.42. The lowest BCUT2D eigenvalue weighted by Crippen LogP contribution is -2.49. The van der Waals surface area contributed by atoms with E-state index >= 15 is 0 Å². The van der Waals surface area contributed by atoms with Crippen molar-refractivity contribution in [3.63, 3.8) is 0 Å². The molecule has 0 aromatic heterocycles. The van der Waals surface area contributed by atoms with Gasteiger partial charge in [0.2, 0.25) is 0 Å². The number of ether oxygens (including phenoxy) is 1. The van der Waals surface area contributed by atoms with Crippen LogP contribution in [0.25, 0.3) is 0 Å². The van der Waals surface area contributed by atoms with E-state index in [9.17, 15) is 0 Å². The largest absolute Gasteiger partial charge is 0.371 e. The fourth-order valence-electron chi connectivity index (χ4n) is 1.63. The molecule has 14 heavy (non-hydrogen) atoms. The van der Waals surface area contributed by atoms with Gasteiger partial charge in [-0.1, -0.05) is 0 Å². The van der Waals surface area contributed by atoms with Crippen LogP contribution in [0.2, 0.25) is 0 Å². The Hall–Kier alpha value is -0.610. The van der Waals surface area contributed by atoms with Crippen molar-refractivity contribution in [2.75, 3.05) is 39.8 Å². The lowest BCUT2D eigenvalue weighted by atomic mass is 10.2. The normalized spacial score (nSPS) is 20.9. The number of hydrogen-bond acceptors (Lipinski definition) is 3. The molecule has 0 amide bonds. The average molecular weight is 199 g/mol. The second kappa shape index (κ2) is 5.32. The number of nitrogens with one attached hydrogen (secondary N) is 1. The van der Waals surface area contributed by atoms with Gasteiger partial charge in [0.05, 0.1) is 0 Å². The third kappa shape index (κ3) is 2.96. The highest BCUT2D eigenvalue weighted by atomic mass is 16.5. The van der Waals surface area contributed by atoms with E-state index in [2.05, 4.69) is 16.8 Å². The Morgan fingerprint density at radius 2 is 1.93 bits per heavy atom. The molecule has 4 nitrogen and oxygen atoms in total. The van der Waals surface area contributed by atoms with Crippen molar-refractivity contribution in [2.45, 2.75) is 20.0 Å². The topological polar surface area (TPSA) is 39.6 Å². The molecule has 1 fully saturated rings. The first kappa shape index (κ1) is 11.5. The Morgan fingerprint density at radius 3 is 2.43 bits per heavy atom. The molecule has 1 atom stereocenters. The van der Waals surface area contributed by atoms with Gasteiger partial charge in [-0.05, 0) is 20.9 Å². The smallest absolute Gasteiger partial charge is 0.125 e. The Balaban J connectivity index is 2.37. The molecule has 0 aromatic rings. The first-order valence-electron chi connectivity index (χ1n) is 5.28. The Bertz CT molecular complexity index is 188. The van der Waals surface area contributed by atoms with Crippen LogP contribution in [0.1, 0.15) is 13.8 Å². The van der Waals surface area contributed by atoms with Gasteiger partial charge in [-0.25, -0.2) is 0 Å². The van der Waals surface area contributed by atoms with Gasteiger partial charge in [-0.15, -0.1) is 0 Å². The van der Waals surface area contributed by atoms with E-state index in [1.54, 1.807) is 0 Å². The lowest BCUT2D eigenvalue weighted by Gasteiger charge is -2.35. The molecule has 1 N–H and O–H groups in total. The van der Waals surface area contributed by atoms with Crippen molar-refractivity contribution in [2.24, 2.45) is 0 Å². The monoisotopic (exact) mass is 199 g/mol. The van der Waals surface area contributed by atoms with E-state index in [-0.39, 0.29) is 6.10 Å². The van der Waals surface area contributed by atoms with Crippen LogP contribution >= 0.6 is 0 Å². The third-order valence-corrected chi connectivity index (χ3v) is 2.65. The zero-order valence-electron chi connectivity index (χ0n) is 9.42. The highest BCUT2D eigenvalue weighted by Gasteiger charge is 2.20. The summed E-state index contributed by atoms with van der Waals surface area (Å²) in [6.07, 6.45) is -0.0663. The van der Waals surface area contributed by atoms with Crippen molar-refractivity contribution >= 4 is 5.84 Å². The molecule has 1 rings (SSSR count). The summed E-state index contributed by atoms with van der Waals surface area (Å²) < 4.78 is 5.40. The number of amidine groups is 1. The van der Waals surface area contributed by atoms with E-state index in [1.165, 1.54) is 0 Å². The number of hydrogen-bond donors (Lipinski definition) is 1. The molecule has 1 unspecified atom stereocenters. The van der Waals surface area contributed by atoms with Gasteiger partial charge in [0, 0.05) is 32.8 Å². The highest BCUT2D eigenvalue weighted by Crippen LogP contribution is 2.04. The molecule has 0 bridgehead atoms. The standard InChI is InChI=1S/C10H21N3O/c1-4-14-9(2)10(11)13-7-5-12(3)6-8-13/h9,11H,4-8H2,1-3H3. The minimum atomic E-state index is -0.0663. The minimum absolute atomic E-state index is 0.0663. The van der Waals surface area contributed by atoms with Crippen LogP contribution in [0.4, 0.5) is 0 Å². The van der Waals surface area contributed by atoms with Crippen LogP contribution < -0.4 is 0 Å². The van der Waals surface area contributed by atoms with Crippen LogP contribution in [0, 0.1) is 5.41 Å². The molecule has 4 heteroatoms. The Labute approximate surface area is 86.3 Å². The van der Waals surface area contributed by atoms with Crippen LogP contribution in [0.3, 0.4) is 0 Å². The number of rotatable bonds is 3. The maximum absolute atomic E-state index is 7.94. The molecule has 82 valence electrons. The molecule has 0 saturated carbocycles. The molecule has 0 spiro atoms. The molecule has 0 aliphatic carbocycles. The predicted molar refractivity (Wildman–Crippen MR) is 57.9 cm³/mol. The minimum Gasteiger partial charge on any atom is -0.371 e. The van der Waals surface area contributed by atoms with Gasteiger partial charge in [0.1, 0.15) is 11.9 Å². The van der Waals surface area contributed by atoms with Gasteiger partial charge in [-0.3, -0.25) is 5.41 Å². The maximum atomic E-state index is 7.94. The molecule has 0 aromatic carbocycles. The van der Waals surface area contributed by atoms with Crippen LogP contribution in [-0.4, -0.2) is 61.6 Å². The summed E-state index contributed by atoms with van der Waals surface area (Å²) in [6, 6.07) is 0. The van der Waals surface area contributed by atoms with Gasteiger partial charge in [0.25, 0.3) is 0 Å². The number of nitrogens with zero attached hydrogens (tertiary/aromatic N) is 2. The molecule has 1 aliphatic heterocycles. The first-order valence-corrected chi connectivity index (χ1v) is 5.28. The summed E-state index contributed by atoms with van der Waals surface area (Å²) in [5.74, 6) is 0.625. The molecule has 1 saturated heterocycles. The second-order valence-electron chi connectivity index (χ2n) is 3.77. The fourth-order valence-corrected chi connectivity index (χ4v) is 1.63. The Morgan fingerprint density at radius 1 is 1.36 bits per heavy atom. The van der Waals surface area contributed by atoms with Crippen molar-refractivity contribution in [1.82, 2.24) is 9.80 Å². The summed E-state index contributed by atoms with van der Waals surface area (Å²) in [5, 5.41) is 7.94. The van der Waals surface area contributed by atoms with Crippen LogP contribution in [0.15, 0.2) is 0 Å². The van der Waals surface area contributed by atoms with Gasteiger partial charge >= 0.3 is 0 Å². The van der Waals surface area contributed by atoms with E-state index < -0.39 is 0 Å². The summed E-state index contributed by atoms with van der Waals surface area (Å²) in [5.41, 5.74) is 0. The summed E-state index contributed by atoms with van der Waals surface area (Å²) >= 11 is 0. The molecule has 1 heterocycles. The average Bonchev–Trinajstić information content (AvgIpc) is 2.18. The highest BCUT2D eigenvalue weighted by molar-refractivity contribution is 5.83. The van der Waals surface area contributed by atoms with E-state index in [1.807, 2.05) is 13.8 Å². The molecular formula is C10H21N3O. The lowest BCUT2D eigenvalue weighted by molar-refractivity contribution is 0.105. The van der Waals surface area contributed by atoms with Crippen LogP contribution in [-0.2, 0) is 4.74 Å². The molecule has 1 aliphatic rings. The second-order valence-corrected chi connectivity index (χ2v) is 3.77.